The van der Waals surface area contributed by atoms with Gasteiger partial charge in [-0.1, -0.05) is 18.2 Å². The van der Waals surface area contributed by atoms with E-state index in [9.17, 15) is 13.2 Å². The summed E-state index contributed by atoms with van der Waals surface area (Å²) in [5.41, 5.74) is 4.11. The average Bonchev–Trinajstić information content (AvgIpc) is 3.54. The van der Waals surface area contributed by atoms with Crippen LogP contribution in [0.4, 0.5) is 13.2 Å². The summed E-state index contributed by atoms with van der Waals surface area (Å²) in [6.07, 6.45) is 6.15. The number of aliphatic hydroxyl groups is 1. The van der Waals surface area contributed by atoms with Gasteiger partial charge in [0.2, 0.25) is 5.89 Å². The topological polar surface area (TPSA) is 73.3 Å². The SMILES string of the molecule is Cc1cc(OCc2coc(/C=C/c3ccc(C(F)(F)F)cc3)n2)ccc1CCCCc1ccnn1CCO. The molecule has 38 heavy (non-hydrogen) atoms. The second kappa shape index (κ2) is 12.6. The molecule has 0 fully saturated rings. The zero-order valence-corrected chi connectivity index (χ0v) is 21.1. The van der Waals surface area contributed by atoms with Crippen molar-refractivity contribution >= 4 is 12.2 Å². The molecule has 0 amide bonds. The molecule has 9 heteroatoms. The predicted molar refractivity (Wildman–Crippen MR) is 138 cm³/mol. The van der Waals surface area contributed by atoms with Crippen LogP contribution in [0.15, 0.2) is 65.4 Å². The van der Waals surface area contributed by atoms with E-state index in [2.05, 4.69) is 23.1 Å². The number of halogens is 3. The molecule has 2 heterocycles. The number of nitrogens with zero attached hydrogens (tertiary/aromatic N) is 3. The van der Waals surface area contributed by atoms with Crippen LogP contribution in [0.5, 0.6) is 5.75 Å². The smallest absolute Gasteiger partial charge is 0.416 e. The number of aliphatic hydroxyl groups excluding tert-OH is 1. The number of hydrogen-bond donors (Lipinski definition) is 1. The minimum absolute atomic E-state index is 0.0864. The first kappa shape index (κ1) is 27.2. The minimum atomic E-state index is -4.36. The van der Waals surface area contributed by atoms with Gasteiger partial charge in [0.05, 0.1) is 18.7 Å². The molecule has 0 spiro atoms. The Morgan fingerprint density at radius 3 is 2.55 bits per heavy atom. The third kappa shape index (κ3) is 7.58. The Bertz CT molecular complexity index is 1340. The molecule has 0 atom stereocenters. The van der Waals surface area contributed by atoms with Gasteiger partial charge >= 0.3 is 6.18 Å². The zero-order valence-electron chi connectivity index (χ0n) is 21.1. The van der Waals surface area contributed by atoms with Crippen molar-refractivity contribution in [3.05, 3.63) is 101 Å². The summed E-state index contributed by atoms with van der Waals surface area (Å²) < 4.78 is 51.2. The monoisotopic (exact) mass is 525 g/mol. The number of alkyl halides is 3. The van der Waals surface area contributed by atoms with Crippen LogP contribution in [0.25, 0.3) is 12.2 Å². The van der Waals surface area contributed by atoms with Gasteiger partial charge in [-0.25, -0.2) is 4.98 Å². The third-order valence-electron chi connectivity index (χ3n) is 6.17. The molecule has 0 aliphatic rings. The highest BCUT2D eigenvalue weighted by Gasteiger charge is 2.29. The van der Waals surface area contributed by atoms with E-state index in [-0.39, 0.29) is 13.2 Å². The lowest BCUT2D eigenvalue weighted by molar-refractivity contribution is -0.137. The molecule has 200 valence electrons. The molecule has 0 aliphatic heterocycles. The molecule has 0 bridgehead atoms. The molecule has 0 aliphatic carbocycles. The van der Waals surface area contributed by atoms with Crippen LogP contribution in [-0.4, -0.2) is 26.5 Å². The van der Waals surface area contributed by atoms with Crippen molar-refractivity contribution in [1.82, 2.24) is 14.8 Å². The van der Waals surface area contributed by atoms with E-state index in [1.165, 1.54) is 24.0 Å². The summed E-state index contributed by atoms with van der Waals surface area (Å²) in [6.45, 7) is 2.91. The fraction of sp³-hybridized carbons (Fsp3) is 0.310. The van der Waals surface area contributed by atoms with Crippen LogP contribution in [0.1, 0.15) is 52.4 Å². The molecule has 4 aromatic rings. The first-order valence-electron chi connectivity index (χ1n) is 12.5. The highest BCUT2D eigenvalue weighted by atomic mass is 19.4. The standard InChI is InChI=1S/C29H30F3N3O3/c1-21-18-27(12-9-23(21)4-2-3-5-26-14-15-33-35(26)16-17-36)37-19-25-20-38-28(34-25)13-8-22-6-10-24(11-7-22)29(30,31)32/h6-15,18,20,36H,2-5,16-17,19H2,1H3/b13-8+. The van der Waals surface area contributed by atoms with Crippen LogP contribution in [0, 0.1) is 6.92 Å². The minimum Gasteiger partial charge on any atom is -0.487 e. The Morgan fingerprint density at radius 1 is 1.03 bits per heavy atom. The van der Waals surface area contributed by atoms with Gasteiger partial charge in [-0.3, -0.25) is 4.68 Å². The largest absolute Gasteiger partial charge is 0.487 e. The molecule has 2 aromatic carbocycles. The number of hydrogen-bond acceptors (Lipinski definition) is 5. The lowest BCUT2D eigenvalue weighted by Gasteiger charge is -2.10. The van der Waals surface area contributed by atoms with Crippen LogP contribution in [-0.2, 0) is 32.2 Å². The molecule has 0 saturated carbocycles. The summed E-state index contributed by atoms with van der Waals surface area (Å²) in [7, 11) is 0. The van der Waals surface area contributed by atoms with Crippen molar-refractivity contribution < 1.29 is 27.4 Å². The van der Waals surface area contributed by atoms with Crippen molar-refractivity contribution in [1.29, 1.82) is 0 Å². The number of aromatic nitrogens is 3. The maximum atomic E-state index is 12.7. The normalized spacial score (nSPS) is 11.9. The molecule has 1 N–H and O–H groups in total. The second-order valence-electron chi connectivity index (χ2n) is 8.98. The Kier molecular flexibility index (Phi) is 9.02. The van der Waals surface area contributed by atoms with Crippen LogP contribution >= 0.6 is 0 Å². The Labute approximate surface area is 219 Å². The van der Waals surface area contributed by atoms with Gasteiger partial charge in [-0.05, 0) is 85.7 Å². The lowest BCUT2D eigenvalue weighted by Crippen LogP contribution is -2.08. The van der Waals surface area contributed by atoms with E-state index in [1.54, 1.807) is 18.3 Å². The van der Waals surface area contributed by atoms with Gasteiger partial charge < -0.3 is 14.3 Å². The Hall–Kier alpha value is -3.85. The van der Waals surface area contributed by atoms with Gasteiger partial charge in [-0.2, -0.15) is 18.3 Å². The number of aryl methyl sites for hydroxylation is 3. The number of unbranched alkanes of at least 4 members (excludes halogenated alkanes) is 1. The predicted octanol–water partition coefficient (Wildman–Crippen LogP) is 6.51. The number of benzene rings is 2. The van der Waals surface area contributed by atoms with Crippen molar-refractivity contribution in [2.24, 2.45) is 0 Å². The summed E-state index contributed by atoms with van der Waals surface area (Å²) in [6, 6.07) is 12.9. The summed E-state index contributed by atoms with van der Waals surface area (Å²) in [5.74, 6) is 1.08. The van der Waals surface area contributed by atoms with Crippen LogP contribution in [0.2, 0.25) is 0 Å². The van der Waals surface area contributed by atoms with Gasteiger partial charge in [0.1, 0.15) is 24.3 Å². The van der Waals surface area contributed by atoms with Crippen LogP contribution in [0.3, 0.4) is 0 Å². The summed E-state index contributed by atoms with van der Waals surface area (Å²) in [5, 5.41) is 13.4. The van der Waals surface area contributed by atoms with E-state index >= 15 is 0 Å². The third-order valence-corrected chi connectivity index (χ3v) is 6.17. The van der Waals surface area contributed by atoms with E-state index in [1.807, 2.05) is 22.9 Å². The number of ether oxygens (including phenoxy) is 1. The molecule has 2 aromatic heterocycles. The van der Waals surface area contributed by atoms with Crippen molar-refractivity contribution in [3.8, 4) is 5.75 Å². The first-order valence-corrected chi connectivity index (χ1v) is 12.5. The van der Waals surface area contributed by atoms with Crippen molar-refractivity contribution in [2.45, 2.75) is 51.9 Å². The average molecular weight is 526 g/mol. The Balaban J connectivity index is 1.23. The van der Waals surface area contributed by atoms with Gasteiger partial charge in [0.25, 0.3) is 0 Å². The highest BCUT2D eigenvalue weighted by molar-refractivity contribution is 5.66. The zero-order chi connectivity index (χ0) is 27.0. The fourth-order valence-electron chi connectivity index (χ4n) is 4.10. The maximum Gasteiger partial charge on any atom is 0.416 e. The molecule has 4 rings (SSSR count). The maximum absolute atomic E-state index is 12.7. The van der Waals surface area contributed by atoms with E-state index < -0.39 is 11.7 Å². The number of rotatable bonds is 12. The van der Waals surface area contributed by atoms with Crippen molar-refractivity contribution in [2.75, 3.05) is 6.61 Å². The van der Waals surface area contributed by atoms with E-state index in [0.717, 1.165) is 54.8 Å². The summed E-state index contributed by atoms with van der Waals surface area (Å²) >= 11 is 0. The number of oxazole rings is 1. The van der Waals surface area contributed by atoms with Gasteiger partial charge in [-0.15, -0.1) is 0 Å². The Morgan fingerprint density at radius 2 is 1.82 bits per heavy atom. The molecule has 0 radical (unpaired) electrons. The lowest BCUT2D eigenvalue weighted by atomic mass is 10.0. The molecule has 0 saturated heterocycles. The van der Waals surface area contributed by atoms with E-state index in [4.69, 9.17) is 14.3 Å². The fourth-order valence-corrected chi connectivity index (χ4v) is 4.10. The van der Waals surface area contributed by atoms with Crippen molar-refractivity contribution in [3.63, 3.8) is 0 Å². The quantitative estimate of drug-likeness (QED) is 0.214. The molecular formula is C29H30F3N3O3. The molecular weight excluding hydrogens is 495 g/mol. The highest BCUT2D eigenvalue weighted by Crippen LogP contribution is 2.29. The first-order chi connectivity index (χ1) is 18.3. The second-order valence-corrected chi connectivity index (χ2v) is 8.98. The van der Waals surface area contributed by atoms with E-state index in [0.29, 0.717) is 23.7 Å². The van der Waals surface area contributed by atoms with Gasteiger partial charge in [0.15, 0.2) is 0 Å². The molecule has 0 unspecified atom stereocenters. The summed E-state index contributed by atoms with van der Waals surface area (Å²) in [4.78, 5) is 4.35. The molecule has 6 nitrogen and oxygen atoms in total. The van der Waals surface area contributed by atoms with Crippen LogP contribution < -0.4 is 4.74 Å². The van der Waals surface area contributed by atoms with Gasteiger partial charge in [0, 0.05) is 18.0 Å².